The topological polar surface area (TPSA) is 114 Å². The molecule has 0 bridgehead atoms. The highest BCUT2D eigenvalue weighted by molar-refractivity contribution is 6.31. The highest BCUT2D eigenvalue weighted by atomic mass is 16.2. The minimum Gasteiger partial charge on any atom is -0.368 e. The molecule has 0 spiro atoms. The molecule has 2 aliphatic rings. The fourth-order valence-corrected chi connectivity index (χ4v) is 4.19. The van der Waals surface area contributed by atoms with Gasteiger partial charge in [-0.1, -0.05) is 37.5 Å². The molecule has 8 heteroatoms. The van der Waals surface area contributed by atoms with Crippen LogP contribution in [-0.2, 0) is 20.9 Å². The lowest BCUT2D eigenvalue weighted by molar-refractivity contribution is -0.132. The van der Waals surface area contributed by atoms with Gasteiger partial charge in [0, 0.05) is 28.7 Å². The maximum Gasteiger partial charge on any atom is 0.331 e. The molecule has 2 heterocycles. The van der Waals surface area contributed by atoms with Gasteiger partial charge in [-0.2, -0.15) is 0 Å². The summed E-state index contributed by atoms with van der Waals surface area (Å²) in [6.07, 6.45) is 7.66. The van der Waals surface area contributed by atoms with Crippen molar-refractivity contribution in [2.45, 2.75) is 44.7 Å². The van der Waals surface area contributed by atoms with E-state index >= 15 is 0 Å². The Labute approximate surface area is 167 Å². The Kier molecular flexibility index (Phi) is 4.92. The number of barbiturate groups is 1. The van der Waals surface area contributed by atoms with Gasteiger partial charge in [0.15, 0.2) is 0 Å². The summed E-state index contributed by atoms with van der Waals surface area (Å²) in [6, 6.07) is 6.50. The third kappa shape index (κ3) is 3.53. The van der Waals surface area contributed by atoms with Gasteiger partial charge in [0.1, 0.15) is 12.1 Å². The van der Waals surface area contributed by atoms with Crippen molar-refractivity contribution in [3.05, 3.63) is 41.6 Å². The van der Waals surface area contributed by atoms with Crippen molar-refractivity contribution in [3.8, 4) is 0 Å². The van der Waals surface area contributed by atoms with Crippen LogP contribution < -0.4 is 11.1 Å². The fourth-order valence-electron chi connectivity index (χ4n) is 4.19. The molecule has 2 aromatic rings. The summed E-state index contributed by atoms with van der Waals surface area (Å²) in [7, 11) is 0. The molecule has 29 heavy (non-hydrogen) atoms. The molecule has 1 saturated carbocycles. The maximum absolute atomic E-state index is 13.1. The van der Waals surface area contributed by atoms with Crippen LogP contribution in [-0.4, -0.2) is 39.3 Å². The van der Waals surface area contributed by atoms with Crippen molar-refractivity contribution in [2.24, 2.45) is 5.73 Å². The van der Waals surface area contributed by atoms with Gasteiger partial charge >= 0.3 is 6.03 Å². The quantitative estimate of drug-likeness (QED) is 0.609. The van der Waals surface area contributed by atoms with Gasteiger partial charge in [-0.15, -0.1) is 0 Å². The monoisotopic (exact) mass is 394 g/mol. The van der Waals surface area contributed by atoms with E-state index in [1.54, 1.807) is 10.8 Å². The Morgan fingerprint density at radius 2 is 1.86 bits per heavy atom. The summed E-state index contributed by atoms with van der Waals surface area (Å²) < 4.78 is 1.68. The molecule has 0 radical (unpaired) electrons. The Balaban J connectivity index is 1.74. The Bertz CT molecular complexity index is 1050. The number of rotatable bonds is 4. The van der Waals surface area contributed by atoms with Crippen LogP contribution in [0.4, 0.5) is 4.79 Å². The van der Waals surface area contributed by atoms with Crippen LogP contribution in [0, 0.1) is 0 Å². The average molecular weight is 394 g/mol. The highest BCUT2D eigenvalue weighted by Crippen LogP contribution is 2.28. The van der Waals surface area contributed by atoms with E-state index < -0.39 is 23.8 Å². The number of amides is 5. The predicted octanol–water partition coefficient (Wildman–Crippen LogP) is 1.92. The number of carbonyl (C=O) groups excluding carboxylic acids is 4. The maximum atomic E-state index is 13.1. The Hall–Kier alpha value is -3.42. The van der Waals surface area contributed by atoms with Crippen molar-refractivity contribution < 1.29 is 19.2 Å². The summed E-state index contributed by atoms with van der Waals surface area (Å²) in [6.45, 7) is -0.0173. The molecule has 0 atom stereocenters. The second kappa shape index (κ2) is 7.54. The fraction of sp³-hybridized carbons (Fsp3) is 0.333. The van der Waals surface area contributed by atoms with Crippen molar-refractivity contribution in [2.75, 3.05) is 0 Å². The summed E-state index contributed by atoms with van der Waals surface area (Å²) in [5.41, 5.74) is 6.62. The van der Waals surface area contributed by atoms with E-state index in [9.17, 15) is 19.2 Å². The average Bonchev–Trinajstić information content (AvgIpc) is 3.03. The summed E-state index contributed by atoms with van der Waals surface area (Å²) >= 11 is 0. The molecule has 1 aliphatic heterocycles. The molecule has 0 unspecified atom stereocenters. The Morgan fingerprint density at radius 1 is 1.14 bits per heavy atom. The molecule has 150 valence electrons. The van der Waals surface area contributed by atoms with Crippen molar-refractivity contribution in [1.82, 2.24) is 14.8 Å². The predicted molar refractivity (Wildman–Crippen MR) is 106 cm³/mol. The number of nitrogens with two attached hydrogens (primary N) is 1. The standard InChI is InChI=1S/C21H22N4O4/c22-18(26)12-24-11-13(15-8-4-5-9-17(15)24)10-16-19(27)23-21(29)25(20(16)28)14-6-2-1-3-7-14/h4-5,8-11,14H,1-3,6-7,12H2,(H2,22,26)(H,23,27,29)/b16-10+. The van der Waals surface area contributed by atoms with Gasteiger partial charge in [-0.3, -0.25) is 24.6 Å². The van der Waals surface area contributed by atoms with Gasteiger partial charge in [-0.25, -0.2) is 4.79 Å². The number of fused-ring (bicyclic) bond motifs is 1. The Morgan fingerprint density at radius 3 is 2.59 bits per heavy atom. The third-order valence-electron chi connectivity index (χ3n) is 5.52. The minimum atomic E-state index is -0.709. The molecule has 3 N–H and O–H groups in total. The number of carbonyl (C=O) groups is 4. The number of nitrogens with one attached hydrogen (secondary N) is 1. The van der Waals surface area contributed by atoms with Crippen molar-refractivity contribution in [3.63, 3.8) is 0 Å². The summed E-state index contributed by atoms with van der Waals surface area (Å²) in [5.74, 6) is -1.78. The zero-order valence-electron chi connectivity index (χ0n) is 15.9. The summed E-state index contributed by atoms with van der Waals surface area (Å²) in [4.78, 5) is 50.4. The first-order valence-electron chi connectivity index (χ1n) is 9.72. The van der Waals surface area contributed by atoms with Crippen LogP contribution in [0.3, 0.4) is 0 Å². The number of benzene rings is 1. The van der Waals surface area contributed by atoms with E-state index in [0.29, 0.717) is 5.56 Å². The van der Waals surface area contributed by atoms with Crippen molar-refractivity contribution in [1.29, 1.82) is 0 Å². The van der Waals surface area contributed by atoms with E-state index in [-0.39, 0.29) is 18.2 Å². The second-order valence-corrected chi connectivity index (χ2v) is 7.48. The lowest BCUT2D eigenvalue weighted by Gasteiger charge is -2.35. The molecule has 2 fully saturated rings. The molecule has 4 rings (SSSR count). The van der Waals surface area contributed by atoms with Crippen LogP contribution in [0.1, 0.15) is 37.7 Å². The zero-order chi connectivity index (χ0) is 20.5. The number of hydrogen-bond acceptors (Lipinski definition) is 4. The first-order chi connectivity index (χ1) is 14.0. The van der Waals surface area contributed by atoms with Gasteiger partial charge < -0.3 is 10.3 Å². The molecule has 1 saturated heterocycles. The number of nitrogens with zero attached hydrogens (tertiary/aromatic N) is 2. The SMILES string of the molecule is NC(=O)Cn1cc(/C=C2\C(=O)NC(=O)N(C3CCCCC3)C2=O)c2ccccc21. The lowest BCUT2D eigenvalue weighted by Crippen LogP contribution is -2.58. The van der Waals surface area contributed by atoms with Crippen LogP contribution in [0.15, 0.2) is 36.0 Å². The number of hydrogen-bond donors (Lipinski definition) is 2. The minimum absolute atomic E-state index is 0.0173. The molecule has 1 aromatic heterocycles. The summed E-state index contributed by atoms with van der Waals surface area (Å²) in [5, 5.41) is 3.07. The van der Waals surface area contributed by atoms with E-state index in [1.165, 1.54) is 11.0 Å². The molecular formula is C21H22N4O4. The number of imide groups is 2. The largest absolute Gasteiger partial charge is 0.368 e. The van der Waals surface area contributed by atoms with Crippen molar-refractivity contribution >= 4 is 40.7 Å². The number of urea groups is 1. The van der Waals surface area contributed by atoms with E-state index in [4.69, 9.17) is 5.73 Å². The van der Waals surface area contributed by atoms with E-state index in [1.807, 2.05) is 24.3 Å². The lowest BCUT2D eigenvalue weighted by atomic mass is 9.93. The zero-order valence-corrected chi connectivity index (χ0v) is 15.9. The molecular weight excluding hydrogens is 372 g/mol. The second-order valence-electron chi connectivity index (χ2n) is 7.48. The van der Waals surface area contributed by atoms with Crippen LogP contribution in [0.2, 0.25) is 0 Å². The number of aromatic nitrogens is 1. The van der Waals surface area contributed by atoms with Gasteiger partial charge in [0.05, 0.1) is 0 Å². The van der Waals surface area contributed by atoms with E-state index in [0.717, 1.165) is 43.0 Å². The first kappa shape index (κ1) is 18.9. The van der Waals surface area contributed by atoms with Crippen LogP contribution in [0.5, 0.6) is 0 Å². The van der Waals surface area contributed by atoms with Gasteiger partial charge in [-0.05, 0) is 25.0 Å². The number of primary amides is 1. The van der Waals surface area contributed by atoms with Crippen LogP contribution in [0.25, 0.3) is 17.0 Å². The van der Waals surface area contributed by atoms with E-state index in [2.05, 4.69) is 5.32 Å². The molecule has 5 amide bonds. The van der Waals surface area contributed by atoms with Gasteiger partial charge in [0.2, 0.25) is 5.91 Å². The first-order valence-corrected chi connectivity index (χ1v) is 9.72. The third-order valence-corrected chi connectivity index (χ3v) is 5.52. The van der Waals surface area contributed by atoms with Gasteiger partial charge in [0.25, 0.3) is 11.8 Å². The smallest absolute Gasteiger partial charge is 0.331 e. The highest BCUT2D eigenvalue weighted by Gasteiger charge is 2.40. The van der Waals surface area contributed by atoms with Crippen LogP contribution >= 0.6 is 0 Å². The molecule has 1 aliphatic carbocycles. The molecule has 8 nitrogen and oxygen atoms in total. The normalized spacial score (nSPS) is 19.8. The number of para-hydroxylation sites is 1. The molecule has 1 aromatic carbocycles.